The van der Waals surface area contributed by atoms with Crippen molar-refractivity contribution in [3.05, 3.63) is 47.5 Å². The van der Waals surface area contributed by atoms with Crippen LogP contribution in [0.3, 0.4) is 0 Å². The number of rotatable bonds is 6. The Balaban J connectivity index is 2.18. The number of hydrogen-bond donors (Lipinski definition) is 5. The molecule has 2 aromatic rings. The molecule has 0 aliphatic carbocycles. The fourth-order valence-electron chi connectivity index (χ4n) is 2.02. The van der Waals surface area contributed by atoms with Crippen LogP contribution < -0.4 is 11.1 Å². The van der Waals surface area contributed by atoms with Gasteiger partial charge >= 0.3 is 0 Å². The number of aromatic hydroxyl groups is 3. The first kappa shape index (κ1) is 19.1. The van der Waals surface area contributed by atoms with Crippen molar-refractivity contribution in [3.8, 4) is 17.2 Å². The Morgan fingerprint density at radius 2 is 1.65 bits per heavy atom. The summed E-state index contributed by atoms with van der Waals surface area (Å²) >= 11 is 0.719. The van der Waals surface area contributed by atoms with Gasteiger partial charge in [0.25, 0.3) is 5.91 Å². The summed E-state index contributed by atoms with van der Waals surface area (Å²) in [7, 11) is 0. The van der Waals surface area contributed by atoms with E-state index in [4.69, 9.17) is 5.73 Å². The molecule has 136 valence electrons. The van der Waals surface area contributed by atoms with E-state index in [1.165, 1.54) is 6.07 Å². The molecule has 0 spiro atoms. The van der Waals surface area contributed by atoms with Crippen molar-refractivity contribution >= 4 is 28.7 Å². The molecule has 26 heavy (non-hydrogen) atoms. The van der Waals surface area contributed by atoms with E-state index in [1.807, 2.05) is 0 Å². The topological polar surface area (TPSA) is 150 Å². The molecule has 0 atom stereocenters. The lowest BCUT2D eigenvalue weighted by Gasteiger charge is -2.09. The minimum absolute atomic E-state index is 0.00789. The molecule has 9 heteroatoms. The van der Waals surface area contributed by atoms with Crippen LogP contribution in [0.25, 0.3) is 0 Å². The number of phenols is 3. The Morgan fingerprint density at radius 1 is 1.04 bits per heavy atom. The maximum atomic E-state index is 12.4. The van der Waals surface area contributed by atoms with E-state index in [2.05, 4.69) is 5.32 Å². The molecule has 0 aliphatic rings. The summed E-state index contributed by atoms with van der Waals surface area (Å²) in [5.41, 5.74) is 5.19. The second-order valence-corrected chi connectivity index (χ2v) is 6.24. The van der Waals surface area contributed by atoms with Crippen molar-refractivity contribution in [1.29, 1.82) is 0 Å². The van der Waals surface area contributed by atoms with E-state index in [0.29, 0.717) is 4.90 Å². The number of carbonyl (C=O) groups excluding carboxylic acids is 3. The minimum atomic E-state index is -0.722. The number of phenolic OH excluding ortho intramolecular Hbond substituents is 3. The molecular weight excluding hydrogens is 360 g/mol. The molecular formula is C17H16N2O6S. The molecule has 2 rings (SSSR count). The summed E-state index contributed by atoms with van der Waals surface area (Å²) < 4.78 is 0. The van der Waals surface area contributed by atoms with Crippen LogP contribution in [0.15, 0.2) is 41.3 Å². The molecule has 8 nitrogen and oxygen atoms in total. The first-order valence-corrected chi connectivity index (χ1v) is 8.24. The lowest BCUT2D eigenvalue weighted by Crippen LogP contribution is -2.28. The Kier molecular flexibility index (Phi) is 6.07. The van der Waals surface area contributed by atoms with Gasteiger partial charge in [0, 0.05) is 23.4 Å². The summed E-state index contributed by atoms with van der Waals surface area (Å²) in [5.74, 6) is -3.01. The van der Waals surface area contributed by atoms with Crippen molar-refractivity contribution < 1.29 is 29.7 Å². The van der Waals surface area contributed by atoms with E-state index in [1.54, 1.807) is 18.2 Å². The number of thioether (sulfide) groups is 1. The van der Waals surface area contributed by atoms with Crippen molar-refractivity contribution in [2.45, 2.75) is 11.3 Å². The van der Waals surface area contributed by atoms with Gasteiger partial charge in [-0.05, 0) is 36.0 Å². The van der Waals surface area contributed by atoms with Gasteiger partial charge in [-0.1, -0.05) is 12.1 Å². The third kappa shape index (κ3) is 4.67. The number of nitrogens with two attached hydrogens (primary N) is 1. The second kappa shape index (κ2) is 8.26. The van der Waals surface area contributed by atoms with Crippen molar-refractivity contribution in [2.75, 3.05) is 6.54 Å². The smallest absolute Gasteiger partial charge is 0.252 e. The zero-order valence-electron chi connectivity index (χ0n) is 13.4. The molecule has 0 heterocycles. The lowest BCUT2D eigenvalue weighted by molar-refractivity contribution is -0.117. The first-order valence-electron chi connectivity index (χ1n) is 7.42. The lowest BCUT2D eigenvalue weighted by atomic mass is 10.2. The van der Waals surface area contributed by atoms with E-state index in [0.717, 1.165) is 23.9 Å². The van der Waals surface area contributed by atoms with Crippen molar-refractivity contribution in [2.24, 2.45) is 5.73 Å². The molecule has 0 fully saturated rings. The maximum Gasteiger partial charge on any atom is 0.252 e. The number of nitrogens with one attached hydrogen (secondary N) is 1. The summed E-state index contributed by atoms with van der Waals surface area (Å²) in [5, 5.41) is 30.3. The molecule has 2 aromatic carbocycles. The van der Waals surface area contributed by atoms with Gasteiger partial charge in [0.15, 0.2) is 17.2 Å². The number of carbonyl (C=O) groups is 3. The van der Waals surface area contributed by atoms with Crippen molar-refractivity contribution in [3.63, 3.8) is 0 Å². The predicted molar refractivity (Wildman–Crippen MR) is 94.2 cm³/mol. The second-order valence-electron chi connectivity index (χ2n) is 5.22. The Labute approximate surface area is 152 Å². The zero-order valence-corrected chi connectivity index (χ0v) is 14.2. The molecule has 0 bridgehead atoms. The highest BCUT2D eigenvalue weighted by atomic mass is 32.2. The van der Waals surface area contributed by atoms with Gasteiger partial charge in [0.1, 0.15) is 0 Å². The molecule has 6 N–H and O–H groups in total. The van der Waals surface area contributed by atoms with E-state index < -0.39 is 34.2 Å². The normalized spacial score (nSPS) is 10.3. The standard InChI is InChI=1S/C17H16N2O6S/c18-14(22)5-6-19-16(24)10-3-1-2-4-13(10)26-17(25)9-7-11(20)15(23)12(21)8-9/h1-4,7-8,20-21,23H,5-6H2,(H2,18,22)(H,19,24). The van der Waals surface area contributed by atoms with Crippen molar-refractivity contribution in [1.82, 2.24) is 5.32 Å². The molecule has 0 aromatic heterocycles. The number of benzene rings is 2. The first-order chi connectivity index (χ1) is 12.3. The van der Waals surface area contributed by atoms with Gasteiger partial charge in [-0.2, -0.15) is 0 Å². The highest BCUT2D eigenvalue weighted by Gasteiger charge is 2.18. The van der Waals surface area contributed by atoms with E-state index in [-0.39, 0.29) is 24.1 Å². The monoisotopic (exact) mass is 376 g/mol. The SMILES string of the molecule is NC(=O)CCNC(=O)c1ccccc1SC(=O)c1cc(O)c(O)c(O)c1. The van der Waals surface area contributed by atoms with Gasteiger partial charge in [0.05, 0.1) is 5.56 Å². The third-order valence-corrected chi connectivity index (χ3v) is 4.29. The summed E-state index contributed by atoms with van der Waals surface area (Å²) in [6.45, 7) is 0.0703. The summed E-state index contributed by atoms with van der Waals surface area (Å²) in [6, 6.07) is 8.36. The third-order valence-electron chi connectivity index (χ3n) is 3.30. The van der Waals surface area contributed by atoms with Gasteiger partial charge < -0.3 is 26.4 Å². The fourth-order valence-corrected chi connectivity index (χ4v) is 2.87. The Bertz CT molecular complexity index is 845. The maximum absolute atomic E-state index is 12.4. The number of amides is 2. The van der Waals surface area contributed by atoms with Crippen LogP contribution >= 0.6 is 11.8 Å². The highest BCUT2D eigenvalue weighted by Crippen LogP contribution is 2.37. The molecule has 0 unspecified atom stereocenters. The average Bonchev–Trinajstić information content (AvgIpc) is 2.59. The van der Waals surface area contributed by atoms with E-state index in [9.17, 15) is 29.7 Å². The predicted octanol–water partition coefficient (Wildman–Crippen LogP) is 1.34. The summed E-state index contributed by atoms with van der Waals surface area (Å²) in [6.07, 6.45) is -0.00789. The van der Waals surface area contributed by atoms with Crippen LogP contribution in [-0.2, 0) is 4.79 Å². The molecule has 0 aliphatic heterocycles. The van der Waals surface area contributed by atoms with Crippen LogP contribution in [0.1, 0.15) is 27.1 Å². The van der Waals surface area contributed by atoms with E-state index >= 15 is 0 Å². The van der Waals surface area contributed by atoms with Crippen LogP contribution in [0.4, 0.5) is 0 Å². The summed E-state index contributed by atoms with van der Waals surface area (Å²) in [4.78, 5) is 35.7. The van der Waals surface area contributed by atoms with Crippen LogP contribution in [-0.4, -0.2) is 38.8 Å². The zero-order chi connectivity index (χ0) is 19.3. The largest absolute Gasteiger partial charge is 0.504 e. The van der Waals surface area contributed by atoms with Crippen LogP contribution in [0, 0.1) is 0 Å². The number of primary amides is 1. The van der Waals surface area contributed by atoms with Gasteiger partial charge in [0.2, 0.25) is 11.0 Å². The quantitative estimate of drug-likeness (QED) is 0.377. The van der Waals surface area contributed by atoms with Gasteiger partial charge in [-0.25, -0.2) is 0 Å². The van der Waals surface area contributed by atoms with Gasteiger partial charge in [-0.15, -0.1) is 0 Å². The molecule has 0 saturated carbocycles. The fraction of sp³-hybridized carbons (Fsp3) is 0.118. The minimum Gasteiger partial charge on any atom is -0.504 e. The average molecular weight is 376 g/mol. The Hall–Kier alpha value is -3.20. The van der Waals surface area contributed by atoms with Crippen LogP contribution in [0.5, 0.6) is 17.2 Å². The molecule has 0 radical (unpaired) electrons. The Morgan fingerprint density at radius 3 is 2.27 bits per heavy atom. The molecule has 2 amide bonds. The number of hydrogen-bond acceptors (Lipinski definition) is 7. The van der Waals surface area contributed by atoms with Gasteiger partial charge in [-0.3, -0.25) is 14.4 Å². The highest BCUT2D eigenvalue weighted by molar-refractivity contribution is 8.14. The van der Waals surface area contributed by atoms with Crippen LogP contribution in [0.2, 0.25) is 0 Å². The molecule has 0 saturated heterocycles.